The Balaban J connectivity index is 2.01. The van der Waals surface area contributed by atoms with Crippen LogP contribution in [0.3, 0.4) is 0 Å². The second kappa shape index (κ2) is 8.94. The van der Waals surface area contributed by atoms with E-state index in [1.807, 2.05) is 0 Å². The quantitative estimate of drug-likeness (QED) is 0.468. The lowest BCUT2D eigenvalue weighted by Crippen LogP contribution is -2.16. The normalized spacial score (nSPS) is 13.0. The molecule has 0 radical (unpaired) electrons. The van der Waals surface area contributed by atoms with Gasteiger partial charge < -0.3 is 15.7 Å². The average Bonchev–Trinajstić information content (AvgIpc) is 2.71. The molecule has 1 unspecified atom stereocenters. The summed E-state index contributed by atoms with van der Waals surface area (Å²) in [6, 6.07) is 6.54. The molecule has 0 fully saturated rings. The lowest BCUT2D eigenvalue weighted by molar-refractivity contribution is -0.141. The van der Waals surface area contributed by atoms with Crippen LogP contribution in [0.5, 0.6) is 0 Å². The first-order chi connectivity index (χ1) is 14.9. The van der Waals surface area contributed by atoms with Crippen LogP contribution < -0.4 is 10.6 Å². The third-order valence-corrected chi connectivity index (χ3v) is 3.90. The van der Waals surface area contributed by atoms with Gasteiger partial charge >= 0.3 is 12.4 Å². The Hall–Kier alpha value is -3.48. The molecule has 0 aliphatic heterocycles. The summed E-state index contributed by atoms with van der Waals surface area (Å²) in [6.07, 6.45) is -9.18. The van der Waals surface area contributed by atoms with Crippen LogP contribution in [0.25, 0.3) is 11.5 Å². The predicted molar refractivity (Wildman–Crippen MR) is 103 cm³/mol. The summed E-state index contributed by atoms with van der Waals surface area (Å²) in [5.74, 6) is -0.108. The number of nitrogens with zero attached hydrogens (tertiary/aromatic N) is 4. The number of aliphatic hydroxyl groups is 1. The number of halogens is 6. The summed E-state index contributed by atoms with van der Waals surface area (Å²) in [7, 11) is 0. The highest BCUT2D eigenvalue weighted by Gasteiger charge is 2.33. The number of aromatic nitrogens is 4. The Morgan fingerprint density at radius 2 is 1.59 bits per heavy atom. The van der Waals surface area contributed by atoms with E-state index in [4.69, 9.17) is 0 Å². The topological polar surface area (TPSA) is 95.8 Å². The lowest BCUT2D eigenvalue weighted by Gasteiger charge is -2.13. The van der Waals surface area contributed by atoms with Crippen LogP contribution in [0.4, 0.5) is 43.7 Å². The van der Waals surface area contributed by atoms with Gasteiger partial charge in [0.25, 0.3) is 0 Å². The van der Waals surface area contributed by atoms with Gasteiger partial charge in [-0.05, 0) is 31.2 Å². The van der Waals surface area contributed by atoms with E-state index in [1.165, 1.54) is 25.1 Å². The van der Waals surface area contributed by atoms with Gasteiger partial charge in [0.05, 0.1) is 6.10 Å². The van der Waals surface area contributed by atoms with E-state index in [0.717, 1.165) is 24.4 Å². The van der Waals surface area contributed by atoms with Crippen molar-refractivity contribution in [1.82, 2.24) is 19.9 Å². The molecule has 0 bridgehead atoms. The molecule has 3 aromatic rings. The first kappa shape index (κ1) is 23.2. The minimum absolute atomic E-state index is 0.00421. The number of rotatable bonds is 6. The molecular weight excluding hydrogens is 442 g/mol. The van der Waals surface area contributed by atoms with Crippen molar-refractivity contribution in [3.05, 3.63) is 54.0 Å². The molecule has 0 amide bonds. The van der Waals surface area contributed by atoms with Crippen LogP contribution in [0.15, 0.2) is 42.6 Å². The molecule has 13 heteroatoms. The van der Waals surface area contributed by atoms with Crippen molar-refractivity contribution >= 4 is 17.3 Å². The number of aliphatic hydroxyl groups excluding tert-OH is 1. The third-order valence-electron chi connectivity index (χ3n) is 3.90. The van der Waals surface area contributed by atoms with Gasteiger partial charge in [0.1, 0.15) is 28.7 Å². The Morgan fingerprint density at radius 3 is 2.25 bits per heavy atom. The van der Waals surface area contributed by atoms with Crippen LogP contribution in [0, 0.1) is 0 Å². The summed E-state index contributed by atoms with van der Waals surface area (Å²) in [5.41, 5.74) is -2.49. The fraction of sp³-hybridized carbons (Fsp3) is 0.263. The third kappa shape index (κ3) is 6.03. The molecule has 3 heterocycles. The van der Waals surface area contributed by atoms with Gasteiger partial charge in [-0.15, -0.1) is 0 Å². The summed E-state index contributed by atoms with van der Waals surface area (Å²) in [4.78, 5) is 15.0. The van der Waals surface area contributed by atoms with Crippen LogP contribution in [-0.4, -0.2) is 37.7 Å². The number of hydrogen-bond acceptors (Lipinski definition) is 7. The zero-order valence-corrected chi connectivity index (χ0v) is 16.3. The first-order valence-electron chi connectivity index (χ1n) is 9.08. The zero-order chi connectivity index (χ0) is 23.5. The van der Waals surface area contributed by atoms with E-state index < -0.39 is 29.8 Å². The molecule has 32 heavy (non-hydrogen) atoms. The van der Waals surface area contributed by atoms with Crippen molar-refractivity contribution in [3.8, 4) is 11.5 Å². The summed E-state index contributed by atoms with van der Waals surface area (Å²) in [5, 5.41) is 14.9. The Labute approximate surface area is 177 Å². The maximum Gasteiger partial charge on any atom is 0.433 e. The summed E-state index contributed by atoms with van der Waals surface area (Å²) >= 11 is 0. The van der Waals surface area contributed by atoms with E-state index in [2.05, 4.69) is 30.6 Å². The molecule has 7 nitrogen and oxygen atoms in total. The van der Waals surface area contributed by atoms with Gasteiger partial charge in [0, 0.05) is 24.5 Å². The van der Waals surface area contributed by atoms with E-state index in [9.17, 15) is 31.4 Å². The second-order valence-electron chi connectivity index (χ2n) is 6.65. The molecule has 0 spiro atoms. The lowest BCUT2D eigenvalue weighted by atomic mass is 10.2. The van der Waals surface area contributed by atoms with Gasteiger partial charge in [-0.1, -0.05) is 6.07 Å². The van der Waals surface area contributed by atoms with Crippen LogP contribution in [0.1, 0.15) is 18.3 Å². The smallest absolute Gasteiger partial charge is 0.392 e. The molecule has 0 saturated heterocycles. The highest BCUT2D eigenvalue weighted by molar-refractivity contribution is 5.63. The Bertz CT molecular complexity index is 1090. The number of alkyl halides is 6. The van der Waals surface area contributed by atoms with E-state index in [1.54, 1.807) is 0 Å². The van der Waals surface area contributed by atoms with E-state index in [-0.39, 0.29) is 35.4 Å². The Morgan fingerprint density at radius 1 is 0.906 bits per heavy atom. The molecule has 0 aliphatic rings. The number of pyridine rings is 2. The first-order valence-corrected chi connectivity index (χ1v) is 9.08. The SMILES string of the molecule is CC(O)CNc1cc(Nc2ccnc(C(F)(F)F)c2)nc(-c2cccc(C(F)(F)F)n2)n1. The number of anilines is 3. The van der Waals surface area contributed by atoms with Gasteiger partial charge in [0.2, 0.25) is 0 Å². The fourth-order valence-electron chi connectivity index (χ4n) is 2.50. The van der Waals surface area contributed by atoms with Gasteiger partial charge in [-0.3, -0.25) is 4.98 Å². The van der Waals surface area contributed by atoms with E-state index in [0.29, 0.717) is 0 Å². The molecule has 3 rings (SSSR count). The summed E-state index contributed by atoms with van der Waals surface area (Å²) < 4.78 is 77.8. The minimum atomic E-state index is -4.69. The molecule has 0 aliphatic carbocycles. The minimum Gasteiger partial charge on any atom is -0.392 e. The van der Waals surface area contributed by atoms with E-state index >= 15 is 0 Å². The van der Waals surface area contributed by atoms with Crippen LogP contribution in [-0.2, 0) is 12.4 Å². The number of nitrogens with one attached hydrogen (secondary N) is 2. The highest BCUT2D eigenvalue weighted by atomic mass is 19.4. The molecule has 170 valence electrons. The second-order valence-corrected chi connectivity index (χ2v) is 6.65. The molecule has 0 aromatic carbocycles. The van der Waals surface area contributed by atoms with Crippen molar-refractivity contribution in [2.75, 3.05) is 17.2 Å². The zero-order valence-electron chi connectivity index (χ0n) is 16.3. The summed E-state index contributed by atoms with van der Waals surface area (Å²) in [6.45, 7) is 1.55. The maximum atomic E-state index is 13.0. The standard InChI is InChI=1S/C19H16F6N6O/c1-10(32)9-27-15-8-16(28-11-5-6-26-14(7-11)19(23,24)25)31-17(30-15)12-3-2-4-13(29-12)18(20,21)22/h2-8,10,32H,9H2,1H3,(H2,26,27,28,30,31). The van der Waals surface area contributed by atoms with Crippen LogP contribution >= 0.6 is 0 Å². The molecule has 3 aromatic heterocycles. The predicted octanol–water partition coefficient (Wildman–Crippen LogP) is 4.51. The molecule has 3 N–H and O–H groups in total. The largest absolute Gasteiger partial charge is 0.433 e. The van der Waals surface area contributed by atoms with Gasteiger partial charge in [-0.25, -0.2) is 15.0 Å². The van der Waals surface area contributed by atoms with Crippen molar-refractivity contribution in [2.24, 2.45) is 0 Å². The van der Waals surface area contributed by atoms with Crippen molar-refractivity contribution in [2.45, 2.75) is 25.4 Å². The van der Waals surface area contributed by atoms with Gasteiger partial charge in [0.15, 0.2) is 5.82 Å². The number of hydrogen-bond donors (Lipinski definition) is 3. The fourth-order valence-corrected chi connectivity index (χ4v) is 2.50. The van der Waals surface area contributed by atoms with Crippen molar-refractivity contribution in [1.29, 1.82) is 0 Å². The van der Waals surface area contributed by atoms with Gasteiger partial charge in [-0.2, -0.15) is 26.3 Å². The molecule has 1 atom stereocenters. The average molecular weight is 458 g/mol. The molecule has 0 saturated carbocycles. The van der Waals surface area contributed by atoms with Crippen molar-refractivity contribution < 1.29 is 31.4 Å². The maximum absolute atomic E-state index is 13.0. The highest BCUT2D eigenvalue weighted by Crippen LogP contribution is 2.31. The molecular formula is C19H16F6N6O. The Kier molecular flexibility index (Phi) is 6.48. The van der Waals surface area contributed by atoms with Crippen molar-refractivity contribution in [3.63, 3.8) is 0 Å². The van der Waals surface area contributed by atoms with Crippen LogP contribution in [0.2, 0.25) is 0 Å². The monoisotopic (exact) mass is 458 g/mol.